The number of halogens is 1. The maximum absolute atomic E-state index is 13.0. The van der Waals surface area contributed by atoms with Gasteiger partial charge in [0.25, 0.3) is 0 Å². The topological polar surface area (TPSA) is 38.3 Å². The minimum atomic E-state index is -0.524. The van der Waals surface area contributed by atoms with E-state index >= 15 is 0 Å². The summed E-state index contributed by atoms with van der Waals surface area (Å²) in [5.41, 5.74) is 0.844. The maximum atomic E-state index is 13.0. The Balaban J connectivity index is 2.06. The van der Waals surface area contributed by atoms with Gasteiger partial charge in [-0.1, -0.05) is 44.2 Å². The second kappa shape index (κ2) is 6.88. The fourth-order valence-corrected chi connectivity index (χ4v) is 2.06. The van der Waals surface area contributed by atoms with E-state index in [1.807, 2.05) is 19.9 Å². The maximum Gasteiger partial charge on any atom is 0.413 e. The second-order valence-electron chi connectivity index (χ2n) is 5.12. The molecule has 0 bridgehead atoms. The Labute approximate surface area is 123 Å². The molecule has 0 fully saturated rings. The van der Waals surface area contributed by atoms with Crippen LogP contribution in [0.1, 0.15) is 25.5 Å². The average molecular weight is 287 g/mol. The van der Waals surface area contributed by atoms with E-state index in [0.29, 0.717) is 5.75 Å². The minimum Gasteiger partial charge on any atom is -0.410 e. The molecule has 1 atom stereocenters. The lowest BCUT2D eigenvalue weighted by molar-refractivity contribution is 0.192. The van der Waals surface area contributed by atoms with E-state index in [0.717, 1.165) is 5.56 Å². The van der Waals surface area contributed by atoms with Crippen molar-refractivity contribution in [3.05, 3.63) is 66.0 Å². The highest BCUT2D eigenvalue weighted by atomic mass is 19.1. The van der Waals surface area contributed by atoms with Gasteiger partial charge in [0, 0.05) is 0 Å². The number of ether oxygens (including phenoxy) is 1. The molecule has 110 valence electrons. The van der Waals surface area contributed by atoms with E-state index < -0.39 is 6.09 Å². The molecule has 0 heterocycles. The van der Waals surface area contributed by atoms with Gasteiger partial charge in [-0.3, -0.25) is 0 Å². The minimum absolute atomic E-state index is 0.152. The van der Waals surface area contributed by atoms with Crippen LogP contribution in [0.5, 0.6) is 5.75 Å². The first kappa shape index (κ1) is 15.0. The Morgan fingerprint density at radius 3 is 2.24 bits per heavy atom. The average Bonchev–Trinajstić information content (AvgIpc) is 2.47. The van der Waals surface area contributed by atoms with E-state index in [-0.39, 0.29) is 17.8 Å². The van der Waals surface area contributed by atoms with E-state index in [4.69, 9.17) is 4.74 Å². The quantitative estimate of drug-likeness (QED) is 0.910. The van der Waals surface area contributed by atoms with Crippen LogP contribution in [-0.2, 0) is 0 Å². The molecule has 2 rings (SSSR count). The zero-order chi connectivity index (χ0) is 15.2. The summed E-state index contributed by atoms with van der Waals surface area (Å²) in [5, 5.41) is 2.82. The van der Waals surface area contributed by atoms with Gasteiger partial charge in [-0.2, -0.15) is 0 Å². The Kier molecular flexibility index (Phi) is 4.93. The van der Waals surface area contributed by atoms with Crippen molar-refractivity contribution >= 4 is 6.09 Å². The van der Waals surface area contributed by atoms with Gasteiger partial charge in [-0.15, -0.1) is 0 Å². The number of nitrogens with one attached hydrogen (secondary N) is 1. The van der Waals surface area contributed by atoms with Crippen LogP contribution >= 0.6 is 0 Å². The molecule has 0 spiro atoms. The first-order valence-electron chi connectivity index (χ1n) is 6.85. The summed E-state index contributed by atoms with van der Waals surface area (Å²) in [7, 11) is 0. The van der Waals surface area contributed by atoms with E-state index in [9.17, 15) is 9.18 Å². The molecular weight excluding hydrogens is 269 g/mol. The Bertz CT molecular complexity index is 581. The molecule has 0 radical (unpaired) electrons. The number of benzene rings is 2. The fraction of sp³-hybridized carbons (Fsp3) is 0.235. The molecule has 0 saturated carbocycles. The number of hydrogen-bond donors (Lipinski definition) is 1. The lowest BCUT2D eigenvalue weighted by Crippen LogP contribution is -2.33. The molecule has 2 aromatic carbocycles. The van der Waals surface area contributed by atoms with Crippen LogP contribution in [0.15, 0.2) is 54.6 Å². The predicted octanol–water partition coefficient (Wildman–Crippen LogP) is 4.31. The van der Waals surface area contributed by atoms with Crippen LogP contribution in [0.2, 0.25) is 0 Å². The number of carbonyl (C=O) groups excluding carboxylic acids is 1. The summed E-state index contributed by atoms with van der Waals surface area (Å²) in [6, 6.07) is 14.7. The molecular formula is C17H18FNO2. The third kappa shape index (κ3) is 4.31. The summed E-state index contributed by atoms with van der Waals surface area (Å²) < 4.78 is 18.2. The Morgan fingerprint density at radius 1 is 1.05 bits per heavy atom. The summed E-state index contributed by atoms with van der Waals surface area (Å²) in [6.45, 7) is 3.97. The van der Waals surface area contributed by atoms with Crippen LogP contribution < -0.4 is 10.1 Å². The van der Waals surface area contributed by atoms with Crippen molar-refractivity contribution in [2.75, 3.05) is 0 Å². The van der Waals surface area contributed by atoms with Crippen molar-refractivity contribution < 1.29 is 13.9 Å². The lowest BCUT2D eigenvalue weighted by atomic mass is 9.96. The molecule has 1 N–H and O–H groups in total. The van der Waals surface area contributed by atoms with Crippen LogP contribution in [0, 0.1) is 11.7 Å². The Hall–Kier alpha value is -2.36. The molecule has 0 aliphatic rings. The molecule has 0 saturated heterocycles. The number of amides is 1. The SMILES string of the molecule is CC(C)C(NC(=O)Oc1ccccc1)c1ccc(F)cc1. The first-order valence-corrected chi connectivity index (χ1v) is 6.85. The molecule has 0 aliphatic heterocycles. The van der Waals surface area contributed by atoms with Gasteiger partial charge < -0.3 is 10.1 Å². The second-order valence-corrected chi connectivity index (χ2v) is 5.12. The van der Waals surface area contributed by atoms with E-state index in [1.54, 1.807) is 36.4 Å². The zero-order valence-corrected chi connectivity index (χ0v) is 12.0. The summed E-state index contributed by atoms with van der Waals surface area (Å²) in [5.74, 6) is 0.337. The van der Waals surface area contributed by atoms with E-state index in [2.05, 4.69) is 5.32 Å². The van der Waals surface area contributed by atoms with Crippen molar-refractivity contribution in [3.63, 3.8) is 0 Å². The highest BCUT2D eigenvalue weighted by Crippen LogP contribution is 2.22. The predicted molar refractivity (Wildman–Crippen MR) is 79.6 cm³/mol. The first-order chi connectivity index (χ1) is 10.1. The smallest absolute Gasteiger partial charge is 0.410 e. The number of para-hydroxylation sites is 1. The lowest BCUT2D eigenvalue weighted by Gasteiger charge is -2.22. The van der Waals surface area contributed by atoms with E-state index in [1.165, 1.54) is 12.1 Å². The normalized spacial score (nSPS) is 12.0. The number of hydrogen-bond acceptors (Lipinski definition) is 2. The molecule has 3 nitrogen and oxygen atoms in total. The van der Waals surface area contributed by atoms with Gasteiger partial charge in [0.2, 0.25) is 0 Å². The fourth-order valence-electron chi connectivity index (χ4n) is 2.06. The van der Waals surface area contributed by atoms with Gasteiger partial charge in [0.15, 0.2) is 0 Å². The van der Waals surface area contributed by atoms with Gasteiger partial charge in [0.1, 0.15) is 11.6 Å². The third-order valence-electron chi connectivity index (χ3n) is 3.12. The van der Waals surface area contributed by atoms with Crippen LogP contribution in [0.3, 0.4) is 0 Å². The van der Waals surface area contributed by atoms with Crippen molar-refractivity contribution in [2.45, 2.75) is 19.9 Å². The zero-order valence-electron chi connectivity index (χ0n) is 12.0. The Morgan fingerprint density at radius 2 is 1.67 bits per heavy atom. The van der Waals surface area contributed by atoms with Crippen LogP contribution in [-0.4, -0.2) is 6.09 Å². The third-order valence-corrected chi connectivity index (χ3v) is 3.12. The molecule has 21 heavy (non-hydrogen) atoms. The molecule has 0 aromatic heterocycles. The molecule has 4 heteroatoms. The van der Waals surface area contributed by atoms with Crippen molar-refractivity contribution in [2.24, 2.45) is 5.92 Å². The van der Waals surface area contributed by atoms with Gasteiger partial charge in [-0.05, 0) is 35.7 Å². The molecule has 1 unspecified atom stereocenters. The number of rotatable bonds is 4. The molecule has 1 amide bonds. The highest BCUT2D eigenvalue weighted by Gasteiger charge is 2.19. The summed E-state index contributed by atoms with van der Waals surface area (Å²) in [6.07, 6.45) is -0.524. The monoisotopic (exact) mass is 287 g/mol. The summed E-state index contributed by atoms with van der Waals surface area (Å²) in [4.78, 5) is 12.0. The van der Waals surface area contributed by atoms with Crippen molar-refractivity contribution in [1.82, 2.24) is 5.32 Å². The number of carbonyl (C=O) groups is 1. The van der Waals surface area contributed by atoms with Gasteiger partial charge in [-0.25, -0.2) is 9.18 Å². The molecule has 2 aromatic rings. The van der Waals surface area contributed by atoms with Crippen LogP contribution in [0.25, 0.3) is 0 Å². The van der Waals surface area contributed by atoms with Gasteiger partial charge in [0.05, 0.1) is 6.04 Å². The molecule has 0 aliphatic carbocycles. The standard InChI is InChI=1S/C17H18FNO2/c1-12(2)16(13-8-10-14(18)11-9-13)19-17(20)21-15-6-4-3-5-7-15/h3-12,16H,1-2H3,(H,19,20). The van der Waals surface area contributed by atoms with Crippen LogP contribution in [0.4, 0.5) is 9.18 Å². The van der Waals surface area contributed by atoms with Crippen molar-refractivity contribution in [1.29, 1.82) is 0 Å². The summed E-state index contributed by atoms with van der Waals surface area (Å²) >= 11 is 0. The highest BCUT2D eigenvalue weighted by molar-refractivity contribution is 5.71. The van der Waals surface area contributed by atoms with Crippen molar-refractivity contribution in [3.8, 4) is 5.75 Å². The largest absolute Gasteiger partial charge is 0.413 e. The van der Waals surface area contributed by atoms with Gasteiger partial charge >= 0.3 is 6.09 Å².